The summed E-state index contributed by atoms with van der Waals surface area (Å²) >= 11 is 0. The quantitative estimate of drug-likeness (QED) is 0.627. The van der Waals surface area contributed by atoms with E-state index in [1.54, 1.807) is 30.6 Å². The number of rotatable bonds is 5. The molecular weight excluding hydrogens is 282 g/mol. The molecule has 2 aromatic rings. The Kier molecular flexibility index (Phi) is 4.53. The number of ether oxygens (including phenoxy) is 3. The predicted octanol–water partition coefficient (Wildman–Crippen LogP) is 2.64. The summed E-state index contributed by atoms with van der Waals surface area (Å²) in [5, 5.41) is 0. The molecule has 1 aliphatic heterocycles. The standard InChI is InChI=1S/C17H17NO4/c19-17(22-10-2-3-13-6-8-18-9-7-13)14-4-1-5-15-16(14)21-12-11-20-15/h1,4-9H,2-3,10-12H2. The average molecular weight is 299 g/mol. The summed E-state index contributed by atoms with van der Waals surface area (Å²) in [4.78, 5) is 16.1. The Morgan fingerprint density at radius 1 is 1.14 bits per heavy atom. The maximum Gasteiger partial charge on any atom is 0.342 e. The maximum atomic E-state index is 12.2. The molecular formula is C17H17NO4. The SMILES string of the molecule is O=C(OCCCc1ccncc1)c1cccc2c1OCCO2. The van der Waals surface area contributed by atoms with Gasteiger partial charge in [-0.05, 0) is 42.7 Å². The number of pyridine rings is 1. The van der Waals surface area contributed by atoms with Gasteiger partial charge >= 0.3 is 5.97 Å². The summed E-state index contributed by atoms with van der Waals surface area (Å²) in [6.07, 6.45) is 5.13. The first-order chi connectivity index (χ1) is 10.8. The van der Waals surface area contributed by atoms with Crippen LogP contribution in [0.15, 0.2) is 42.7 Å². The summed E-state index contributed by atoms with van der Waals surface area (Å²) in [6.45, 7) is 1.31. The molecule has 0 amide bonds. The Morgan fingerprint density at radius 3 is 2.82 bits per heavy atom. The molecule has 0 unspecified atom stereocenters. The van der Waals surface area contributed by atoms with Crippen LogP contribution >= 0.6 is 0 Å². The molecule has 0 atom stereocenters. The molecule has 2 heterocycles. The Balaban J connectivity index is 1.54. The van der Waals surface area contributed by atoms with Crippen LogP contribution in [-0.2, 0) is 11.2 Å². The maximum absolute atomic E-state index is 12.2. The van der Waals surface area contributed by atoms with Gasteiger partial charge in [0.05, 0.1) is 6.61 Å². The van der Waals surface area contributed by atoms with Crippen molar-refractivity contribution in [3.05, 3.63) is 53.9 Å². The highest BCUT2D eigenvalue weighted by atomic mass is 16.6. The minimum absolute atomic E-state index is 0.367. The zero-order valence-electron chi connectivity index (χ0n) is 12.2. The van der Waals surface area contributed by atoms with E-state index in [1.807, 2.05) is 12.1 Å². The number of benzene rings is 1. The predicted molar refractivity (Wildman–Crippen MR) is 80.3 cm³/mol. The molecule has 5 nitrogen and oxygen atoms in total. The van der Waals surface area contributed by atoms with Crippen LogP contribution in [0.3, 0.4) is 0 Å². The molecule has 1 aliphatic rings. The fourth-order valence-corrected chi connectivity index (χ4v) is 2.30. The van der Waals surface area contributed by atoms with Crippen LogP contribution in [0.2, 0.25) is 0 Å². The van der Waals surface area contributed by atoms with Crippen LogP contribution in [0, 0.1) is 0 Å². The van der Waals surface area contributed by atoms with Gasteiger partial charge in [-0.2, -0.15) is 0 Å². The number of carbonyl (C=O) groups excluding carboxylic acids is 1. The average Bonchev–Trinajstić information content (AvgIpc) is 2.59. The van der Waals surface area contributed by atoms with Gasteiger partial charge in [0.15, 0.2) is 11.5 Å². The van der Waals surface area contributed by atoms with Crippen LogP contribution in [0.1, 0.15) is 22.3 Å². The molecule has 1 aromatic heterocycles. The number of nitrogens with zero attached hydrogens (tertiary/aromatic N) is 1. The monoisotopic (exact) mass is 299 g/mol. The lowest BCUT2D eigenvalue weighted by Gasteiger charge is -2.20. The zero-order chi connectivity index (χ0) is 15.2. The molecule has 0 bridgehead atoms. The third-order valence-corrected chi connectivity index (χ3v) is 3.38. The number of fused-ring (bicyclic) bond motifs is 1. The van der Waals surface area contributed by atoms with E-state index in [4.69, 9.17) is 14.2 Å². The summed E-state index contributed by atoms with van der Waals surface area (Å²) < 4.78 is 16.3. The lowest BCUT2D eigenvalue weighted by Crippen LogP contribution is -2.18. The first-order valence-corrected chi connectivity index (χ1v) is 7.29. The van der Waals surface area contributed by atoms with Crippen molar-refractivity contribution < 1.29 is 19.0 Å². The van der Waals surface area contributed by atoms with Crippen molar-refractivity contribution in [2.75, 3.05) is 19.8 Å². The van der Waals surface area contributed by atoms with Crippen molar-refractivity contribution in [2.24, 2.45) is 0 Å². The van der Waals surface area contributed by atoms with Gasteiger partial charge in [-0.25, -0.2) is 4.79 Å². The first kappa shape index (κ1) is 14.4. The fourth-order valence-electron chi connectivity index (χ4n) is 2.30. The van der Waals surface area contributed by atoms with Gasteiger partial charge in [0.1, 0.15) is 18.8 Å². The topological polar surface area (TPSA) is 57.7 Å². The number of aromatic nitrogens is 1. The highest BCUT2D eigenvalue weighted by molar-refractivity contribution is 5.93. The fraction of sp³-hybridized carbons (Fsp3) is 0.294. The van der Waals surface area contributed by atoms with E-state index in [9.17, 15) is 4.79 Å². The number of para-hydroxylation sites is 1. The van der Waals surface area contributed by atoms with Crippen LogP contribution in [0.25, 0.3) is 0 Å². The number of hydrogen-bond acceptors (Lipinski definition) is 5. The van der Waals surface area contributed by atoms with Crippen molar-refractivity contribution in [1.29, 1.82) is 0 Å². The highest BCUT2D eigenvalue weighted by Gasteiger charge is 2.21. The molecule has 0 fully saturated rings. The second-order valence-corrected chi connectivity index (χ2v) is 4.92. The molecule has 5 heteroatoms. The molecule has 0 aliphatic carbocycles. The van der Waals surface area contributed by atoms with Crippen LogP contribution in [-0.4, -0.2) is 30.8 Å². The second kappa shape index (κ2) is 6.93. The van der Waals surface area contributed by atoms with E-state index in [0.717, 1.165) is 12.8 Å². The summed E-state index contributed by atoms with van der Waals surface area (Å²) in [6, 6.07) is 9.16. The van der Waals surface area contributed by atoms with Gasteiger partial charge < -0.3 is 14.2 Å². The van der Waals surface area contributed by atoms with E-state index in [0.29, 0.717) is 36.9 Å². The number of esters is 1. The van der Waals surface area contributed by atoms with Crippen molar-refractivity contribution >= 4 is 5.97 Å². The molecule has 0 saturated heterocycles. The Hall–Kier alpha value is -2.56. The summed E-state index contributed by atoms with van der Waals surface area (Å²) in [7, 11) is 0. The van der Waals surface area contributed by atoms with Crippen LogP contribution < -0.4 is 9.47 Å². The van der Waals surface area contributed by atoms with E-state index in [1.165, 1.54) is 5.56 Å². The van der Waals surface area contributed by atoms with Crippen LogP contribution in [0.5, 0.6) is 11.5 Å². The van der Waals surface area contributed by atoms with E-state index < -0.39 is 0 Å². The normalized spacial score (nSPS) is 12.7. The van der Waals surface area contributed by atoms with Crippen molar-refractivity contribution in [3.63, 3.8) is 0 Å². The van der Waals surface area contributed by atoms with E-state index in [2.05, 4.69) is 4.98 Å². The third-order valence-electron chi connectivity index (χ3n) is 3.38. The third kappa shape index (κ3) is 3.36. The lowest BCUT2D eigenvalue weighted by molar-refractivity contribution is 0.0491. The largest absolute Gasteiger partial charge is 0.486 e. The zero-order valence-corrected chi connectivity index (χ0v) is 12.2. The molecule has 1 aromatic carbocycles. The molecule has 114 valence electrons. The van der Waals surface area contributed by atoms with Gasteiger partial charge in [-0.15, -0.1) is 0 Å². The van der Waals surface area contributed by atoms with Crippen LogP contribution in [0.4, 0.5) is 0 Å². The molecule has 3 rings (SSSR count). The number of hydrogen-bond donors (Lipinski definition) is 0. The lowest BCUT2D eigenvalue weighted by atomic mass is 10.1. The molecule has 0 spiro atoms. The van der Waals surface area contributed by atoms with Crippen molar-refractivity contribution in [1.82, 2.24) is 4.98 Å². The van der Waals surface area contributed by atoms with Crippen molar-refractivity contribution in [3.8, 4) is 11.5 Å². The highest BCUT2D eigenvalue weighted by Crippen LogP contribution is 2.33. The Morgan fingerprint density at radius 2 is 1.95 bits per heavy atom. The first-order valence-electron chi connectivity index (χ1n) is 7.29. The smallest absolute Gasteiger partial charge is 0.342 e. The molecule has 22 heavy (non-hydrogen) atoms. The Bertz CT molecular complexity index is 642. The van der Waals surface area contributed by atoms with E-state index in [-0.39, 0.29) is 5.97 Å². The number of aryl methyl sites for hydroxylation is 1. The minimum Gasteiger partial charge on any atom is -0.486 e. The molecule has 0 saturated carbocycles. The summed E-state index contributed by atoms with van der Waals surface area (Å²) in [5.74, 6) is 0.697. The number of carbonyl (C=O) groups is 1. The molecule has 0 radical (unpaired) electrons. The molecule has 0 N–H and O–H groups in total. The van der Waals surface area contributed by atoms with E-state index >= 15 is 0 Å². The van der Waals surface area contributed by atoms with Crippen molar-refractivity contribution in [2.45, 2.75) is 12.8 Å². The van der Waals surface area contributed by atoms with Gasteiger partial charge in [0.25, 0.3) is 0 Å². The second-order valence-electron chi connectivity index (χ2n) is 4.92. The minimum atomic E-state index is -0.378. The van der Waals surface area contributed by atoms with Gasteiger partial charge in [0.2, 0.25) is 0 Å². The Labute approximate surface area is 128 Å². The van der Waals surface area contributed by atoms with Gasteiger partial charge in [-0.1, -0.05) is 6.07 Å². The van der Waals surface area contributed by atoms with Gasteiger partial charge in [-0.3, -0.25) is 4.98 Å². The van der Waals surface area contributed by atoms with Gasteiger partial charge in [0, 0.05) is 12.4 Å². The summed E-state index contributed by atoms with van der Waals surface area (Å²) in [5.41, 5.74) is 1.60.